The van der Waals surface area contributed by atoms with Gasteiger partial charge in [-0.2, -0.15) is 0 Å². The van der Waals surface area contributed by atoms with Crippen molar-refractivity contribution in [1.82, 2.24) is 9.55 Å². The first-order chi connectivity index (χ1) is 9.98. The summed E-state index contributed by atoms with van der Waals surface area (Å²) in [6, 6.07) is 5.43. The second-order valence-electron chi connectivity index (χ2n) is 5.80. The first-order valence-corrected chi connectivity index (χ1v) is 7.72. The molecule has 4 nitrogen and oxygen atoms in total. The fraction of sp³-hybridized carbons (Fsp3) is 0.529. The zero-order chi connectivity index (χ0) is 15.6. The molecular weight excluding hydrogens is 264 g/mol. The molecule has 21 heavy (non-hydrogen) atoms. The zero-order valence-electron chi connectivity index (χ0n) is 13.3. The van der Waals surface area contributed by atoms with E-state index >= 15 is 0 Å². The molecule has 0 saturated carbocycles. The SMILES string of the molecule is CCCc1nc2c(C(=O)O)cccc2n1C(C)(CC)CC. The van der Waals surface area contributed by atoms with E-state index in [0.717, 1.165) is 37.0 Å². The lowest BCUT2D eigenvalue weighted by molar-refractivity contribution is 0.0699. The van der Waals surface area contributed by atoms with E-state index in [2.05, 4.69) is 37.2 Å². The van der Waals surface area contributed by atoms with Gasteiger partial charge in [-0.05, 0) is 38.3 Å². The molecule has 0 aliphatic rings. The van der Waals surface area contributed by atoms with Gasteiger partial charge < -0.3 is 9.67 Å². The van der Waals surface area contributed by atoms with Crippen LogP contribution in [0.5, 0.6) is 0 Å². The molecule has 0 aliphatic carbocycles. The van der Waals surface area contributed by atoms with Gasteiger partial charge in [-0.3, -0.25) is 0 Å². The molecule has 0 radical (unpaired) electrons. The molecule has 0 aliphatic heterocycles. The fourth-order valence-electron chi connectivity index (χ4n) is 2.88. The summed E-state index contributed by atoms with van der Waals surface area (Å²) < 4.78 is 2.26. The van der Waals surface area contributed by atoms with Gasteiger partial charge in [-0.25, -0.2) is 9.78 Å². The Morgan fingerprint density at radius 3 is 2.48 bits per heavy atom. The fourth-order valence-corrected chi connectivity index (χ4v) is 2.88. The molecule has 1 aromatic heterocycles. The maximum absolute atomic E-state index is 11.4. The summed E-state index contributed by atoms with van der Waals surface area (Å²) in [7, 11) is 0. The molecule has 4 heteroatoms. The second-order valence-corrected chi connectivity index (χ2v) is 5.80. The highest BCUT2D eigenvalue weighted by Gasteiger charge is 2.28. The first-order valence-electron chi connectivity index (χ1n) is 7.72. The summed E-state index contributed by atoms with van der Waals surface area (Å²) in [4.78, 5) is 16.1. The van der Waals surface area contributed by atoms with Crippen LogP contribution in [-0.2, 0) is 12.0 Å². The number of para-hydroxylation sites is 1. The minimum atomic E-state index is -0.914. The standard InChI is InChI=1S/C17H24N2O2/c1-5-9-14-18-15-12(16(20)21)10-8-11-13(15)19(14)17(4,6-2)7-3/h8,10-11H,5-7,9H2,1-4H3,(H,20,21). The minimum Gasteiger partial charge on any atom is -0.478 e. The van der Waals surface area contributed by atoms with E-state index in [1.807, 2.05) is 12.1 Å². The molecular formula is C17H24N2O2. The predicted octanol–water partition coefficient (Wildman–Crippen LogP) is 4.22. The van der Waals surface area contributed by atoms with Gasteiger partial charge in [-0.1, -0.05) is 26.8 Å². The Morgan fingerprint density at radius 1 is 1.29 bits per heavy atom. The van der Waals surface area contributed by atoms with Crippen LogP contribution in [0.2, 0.25) is 0 Å². The van der Waals surface area contributed by atoms with Crippen LogP contribution in [-0.4, -0.2) is 20.6 Å². The van der Waals surface area contributed by atoms with Crippen LogP contribution in [0.4, 0.5) is 0 Å². The third kappa shape index (κ3) is 2.55. The Hall–Kier alpha value is -1.84. The van der Waals surface area contributed by atoms with Crippen molar-refractivity contribution in [2.45, 2.75) is 58.9 Å². The van der Waals surface area contributed by atoms with Crippen molar-refractivity contribution in [2.75, 3.05) is 0 Å². The van der Waals surface area contributed by atoms with Crippen molar-refractivity contribution >= 4 is 17.0 Å². The number of fused-ring (bicyclic) bond motifs is 1. The maximum Gasteiger partial charge on any atom is 0.337 e. The number of carboxylic acid groups (broad SMARTS) is 1. The average molecular weight is 288 g/mol. The van der Waals surface area contributed by atoms with E-state index in [4.69, 9.17) is 0 Å². The van der Waals surface area contributed by atoms with E-state index < -0.39 is 5.97 Å². The lowest BCUT2D eigenvalue weighted by Crippen LogP contribution is -2.30. The number of carbonyl (C=O) groups is 1. The van der Waals surface area contributed by atoms with Gasteiger partial charge >= 0.3 is 5.97 Å². The molecule has 0 amide bonds. The van der Waals surface area contributed by atoms with Crippen LogP contribution in [0.3, 0.4) is 0 Å². The van der Waals surface area contributed by atoms with Crippen molar-refractivity contribution in [1.29, 1.82) is 0 Å². The molecule has 0 spiro atoms. The topological polar surface area (TPSA) is 55.1 Å². The van der Waals surface area contributed by atoms with Gasteiger partial charge in [0.15, 0.2) is 0 Å². The van der Waals surface area contributed by atoms with Crippen LogP contribution in [0.15, 0.2) is 18.2 Å². The minimum absolute atomic E-state index is 0.0314. The Kier molecular flexibility index (Phi) is 4.35. The predicted molar refractivity (Wildman–Crippen MR) is 84.9 cm³/mol. The molecule has 2 aromatic rings. The first kappa shape index (κ1) is 15.5. The Morgan fingerprint density at radius 2 is 1.95 bits per heavy atom. The molecule has 0 fully saturated rings. The highest BCUT2D eigenvalue weighted by molar-refractivity contribution is 6.01. The highest BCUT2D eigenvalue weighted by atomic mass is 16.4. The molecule has 2 rings (SSSR count). The number of aromatic carboxylic acids is 1. The van der Waals surface area contributed by atoms with Gasteiger partial charge in [0, 0.05) is 12.0 Å². The average Bonchev–Trinajstić information content (AvgIpc) is 2.85. The molecule has 0 saturated heterocycles. The van der Waals surface area contributed by atoms with Gasteiger partial charge in [0.25, 0.3) is 0 Å². The van der Waals surface area contributed by atoms with E-state index in [-0.39, 0.29) is 11.1 Å². The molecule has 0 bridgehead atoms. The van der Waals surface area contributed by atoms with Crippen LogP contribution in [0.25, 0.3) is 11.0 Å². The number of rotatable bonds is 6. The number of hydrogen-bond acceptors (Lipinski definition) is 2. The summed E-state index contributed by atoms with van der Waals surface area (Å²) in [6.07, 6.45) is 3.84. The number of carboxylic acids is 1. The molecule has 1 aromatic carbocycles. The van der Waals surface area contributed by atoms with E-state index in [1.165, 1.54) is 0 Å². The summed E-state index contributed by atoms with van der Waals surface area (Å²) >= 11 is 0. The lowest BCUT2D eigenvalue weighted by atomic mass is 9.94. The molecule has 1 N–H and O–H groups in total. The summed E-state index contributed by atoms with van der Waals surface area (Å²) in [5.74, 6) is 0.0791. The second kappa shape index (κ2) is 5.88. The normalized spacial score (nSPS) is 12.0. The smallest absolute Gasteiger partial charge is 0.337 e. The van der Waals surface area contributed by atoms with Crippen LogP contribution >= 0.6 is 0 Å². The van der Waals surface area contributed by atoms with E-state index in [9.17, 15) is 9.90 Å². The Bertz CT molecular complexity index is 654. The van der Waals surface area contributed by atoms with Gasteiger partial charge in [0.2, 0.25) is 0 Å². The third-order valence-corrected chi connectivity index (χ3v) is 4.52. The lowest BCUT2D eigenvalue weighted by Gasteiger charge is -2.31. The zero-order valence-corrected chi connectivity index (χ0v) is 13.3. The Balaban J connectivity index is 2.81. The monoisotopic (exact) mass is 288 g/mol. The number of hydrogen-bond donors (Lipinski definition) is 1. The number of imidazole rings is 1. The van der Waals surface area contributed by atoms with Crippen LogP contribution < -0.4 is 0 Å². The number of aromatic nitrogens is 2. The van der Waals surface area contributed by atoms with Gasteiger partial charge in [0.05, 0.1) is 11.1 Å². The molecule has 0 unspecified atom stereocenters. The maximum atomic E-state index is 11.4. The number of nitrogens with zero attached hydrogens (tertiary/aromatic N) is 2. The number of benzene rings is 1. The number of aryl methyl sites for hydroxylation is 1. The van der Waals surface area contributed by atoms with Crippen molar-refractivity contribution in [3.8, 4) is 0 Å². The summed E-state index contributed by atoms with van der Waals surface area (Å²) in [5.41, 5.74) is 1.81. The van der Waals surface area contributed by atoms with Gasteiger partial charge in [-0.15, -0.1) is 0 Å². The molecule has 0 atom stereocenters. The Labute approximate surface area is 125 Å². The van der Waals surface area contributed by atoms with E-state index in [0.29, 0.717) is 5.52 Å². The van der Waals surface area contributed by atoms with Crippen molar-refractivity contribution in [3.63, 3.8) is 0 Å². The third-order valence-electron chi connectivity index (χ3n) is 4.52. The van der Waals surface area contributed by atoms with Crippen molar-refractivity contribution in [2.24, 2.45) is 0 Å². The van der Waals surface area contributed by atoms with Crippen LogP contribution in [0, 0.1) is 0 Å². The largest absolute Gasteiger partial charge is 0.478 e. The highest BCUT2D eigenvalue weighted by Crippen LogP contribution is 2.32. The summed E-state index contributed by atoms with van der Waals surface area (Å²) in [5, 5.41) is 9.38. The van der Waals surface area contributed by atoms with Crippen molar-refractivity contribution < 1.29 is 9.90 Å². The van der Waals surface area contributed by atoms with Crippen molar-refractivity contribution in [3.05, 3.63) is 29.6 Å². The quantitative estimate of drug-likeness (QED) is 0.865. The molecule has 1 heterocycles. The van der Waals surface area contributed by atoms with Gasteiger partial charge in [0.1, 0.15) is 11.3 Å². The van der Waals surface area contributed by atoms with Crippen LogP contribution in [0.1, 0.15) is 63.1 Å². The van der Waals surface area contributed by atoms with E-state index in [1.54, 1.807) is 6.07 Å². The summed E-state index contributed by atoms with van der Waals surface area (Å²) in [6.45, 7) is 8.69. The molecule has 114 valence electrons.